The predicted molar refractivity (Wildman–Crippen MR) is 126 cm³/mol. The molecule has 0 bridgehead atoms. The van der Waals surface area contributed by atoms with Crippen molar-refractivity contribution in [3.8, 4) is 5.75 Å². The molecule has 1 aliphatic rings. The summed E-state index contributed by atoms with van der Waals surface area (Å²) < 4.78 is 7.02. The van der Waals surface area contributed by atoms with Gasteiger partial charge in [-0.2, -0.15) is 0 Å². The van der Waals surface area contributed by atoms with Crippen LogP contribution >= 0.6 is 11.6 Å². The molecule has 1 unspecified atom stereocenters. The first-order chi connectivity index (χ1) is 16.8. The van der Waals surface area contributed by atoms with Gasteiger partial charge in [-0.1, -0.05) is 23.7 Å². The van der Waals surface area contributed by atoms with E-state index in [0.717, 1.165) is 0 Å². The number of hydrogen-bond donors (Lipinski definition) is 2. The number of rotatable bonds is 8. The number of Topliss-reactive ketones (excluding diaryl/α,β-unsaturated/α-hetero) is 1. The van der Waals surface area contributed by atoms with E-state index in [1.165, 1.54) is 48.4 Å². The summed E-state index contributed by atoms with van der Waals surface area (Å²) in [7, 11) is 1.44. The van der Waals surface area contributed by atoms with Gasteiger partial charge in [0.15, 0.2) is 0 Å². The SMILES string of the molecule is COc1ccc(C(O)=C2C(=O)C(=O)N(CCC[n+]3cc[nH]c3)C2c2cccc([N+](=O)[O-])c2)cc1Cl. The van der Waals surface area contributed by atoms with E-state index in [0.29, 0.717) is 24.3 Å². The molecule has 1 aromatic heterocycles. The first-order valence-corrected chi connectivity index (χ1v) is 11.1. The van der Waals surface area contributed by atoms with Gasteiger partial charge in [0, 0.05) is 30.7 Å². The second-order valence-corrected chi connectivity index (χ2v) is 8.30. The summed E-state index contributed by atoms with van der Waals surface area (Å²) in [4.78, 5) is 41.3. The number of aromatic amines is 1. The van der Waals surface area contributed by atoms with Gasteiger partial charge in [-0.25, -0.2) is 4.57 Å². The van der Waals surface area contributed by atoms with Crippen LogP contribution in [0.1, 0.15) is 23.6 Å². The predicted octanol–water partition coefficient (Wildman–Crippen LogP) is 3.38. The van der Waals surface area contributed by atoms with E-state index >= 15 is 0 Å². The maximum Gasteiger partial charge on any atom is 0.295 e. The summed E-state index contributed by atoms with van der Waals surface area (Å²) >= 11 is 6.20. The molecular weight excluding hydrogens is 476 g/mol. The number of ether oxygens (including phenoxy) is 1. The molecular formula is C24H22ClN4O6+. The van der Waals surface area contributed by atoms with E-state index in [4.69, 9.17) is 16.3 Å². The number of non-ortho nitro benzene ring substituents is 1. The normalized spacial score (nSPS) is 17.1. The molecule has 1 atom stereocenters. The zero-order valence-corrected chi connectivity index (χ0v) is 19.4. The average Bonchev–Trinajstić information content (AvgIpc) is 3.46. The molecule has 1 amide bonds. The number of nitro groups is 1. The van der Waals surface area contributed by atoms with Gasteiger partial charge in [0.2, 0.25) is 6.33 Å². The molecule has 4 rings (SSSR count). The van der Waals surface area contributed by atoms with Crippen molar-refractivity contribution in [3.05, 3.63) is 93.0 Å². The van der Waals surface area contributed by atoms with Crippen LogP contribution in [-0.2, 0) is 16.1 Å². The third-order valence-corrected chi connectivity index (χ3v) is 6.08. The number of nitrogens with one attached hydrogen (secondary N) is 1. The Hall–Kier alpha value is -4.18. The minimum Gasteiger partial charge on any atom is -0.507 e. The number of aliphatic hydroxyl groups excluding tert-OH is 1. The summed E-state index contributed by atoms with van der Waals surface area (Å²) in [6.07, 6.45) is 5.86. The second kappa shape index (κ2) is 9.98. The van der Waals surface area contributed by atoms with Crippen LogP contribution in [0.2, 0.25) is 5.02 Å². The number of halogens is 1. The summed E-state index contributed by atoms with van der Waals surface area (Å²) in [5.41, 5.74) is 0.204. The number of amides is 1. The highest BCUT2D eigenvalue weighted by Gasteiger charge is 2.46. The van der Waals surface area contributed by atoms with E-state index in [9.17, 15) is 24.8 Å². The van der Waals surface area contributed by atoms with E-state index in [1.807, 2.05) is 10.8 Å². The zero-order chi connectivity index (χ0) is 25.1. The molecule has 1 aliphatic heterocycles. The van der Waals surface area contributed by atoms with E-state index < -0.39 is 28.4 Å². The van der Waals surface area contributed by atoms with Gasteiger partial charge < -0.3 is 14.7 Å². The molecule has 0 saturated carbocycles. The number of carbonyl (C=O) groups is 2. The molecule has 2 aromatic carbocycles. The van der Waals surface area contributed by atoms with Crippen molar-refractivity contribution in [2.45, 2.75) is 19.0 Å². The number of H-pyrrole nitrogens is 1. The molecule has 0 aliphatic carbocycles. The second-order valence-electron chi connectivity index (χ2n) is 7.90. The number of nitrogens with zero attached hydrogens (tertiary/aromatic N) is 3. The number of carbonyl (C=O) groups excluding carboxylic acids is 2. The Balaban J connectivity index is 1.78. The van der Waals surface area contributed by atoms with Gasteiger partial charge in [0.05, 0.1) is 35.2 Å². The van der Waals surface area contributed by atoms with Crippen LogP contribution in [-0.4, -0.2) is 45.3 Å². The lowest BCUT2D eigenvalue weighted by Crippen LogP contribution is -2.36. The van der Waals surface area contributed by atoms with E-state index in [2.05, 4.69) is 4.98 Å². The van der Waals surface area contributed by atoms with Crippen molar-refractivity contribution in [1.82, 2.24) is 9.88 Å². The number of aliphatic hydroxyl groups is 1. The van der Waals surface area contributed by atoms with Crippen LogP contribution in [0.4, 0.5) is 5.69 Å². The lowest BCUT2D eigenvalue weighted by molar-refractivity contribution is -0.695. The lowest BCUT2D eigenvalue weighted by atomic mass is 9.95. The van der Waals surface area contributed by atoms with Gasteiger partial charge in [0.25, 0.3) is 17.4 Å². The van der Waals surface area contributed by atoms with Gasteiger partial charge in [-0.05, 0) is 23.8 Å². The maximum atomic E-state index is 13.1. The van der Waals surface area contributed by atoms with Gasteiger partial charge >= 0.3 is 0 Å². The molecule has 3 aromatic rings. The number of ketones is 1. The quantitative estimate of drug-likeness (QED) is 0.122. The largest absolute Gasteiger partial charge is 0.507 e. The molecule has 0 spiro atoms. The molecule has 2 heterocycles. The van der Waals surface area contributed by atoms with Crippen LogP contribution in [0.15, 0.2) is 66.8 Å². The molecule has 10 nitrogen and oxygen atoms in total. The Bertz CT molecular complexity index is 1320. The van der Waals surface area contributed by atoms with E-state index in [-0.39, 0.29) is 28.4 Å². The Morgan fingerprint density at radius 1 is 1.29 bits per heavy atom. The van der Waals surface area contributed by atoms with Crippen molar-refractivity contribution in [3.63, 3.8) is 0 Å². The van der Waals surface area contributed by atoms with Crippen LogP contribution < -0.4 is 9.30 Å². The number of aryl methyl sites for hydroxylation is 1. The molecule has 1 saturated heterocycles. The van der Waals surface area contributed by atoms with Crippen LogP contribution in [0.25, 0.3) is 5.76 Å². The van der Waals surface area contributed by atoms with Crippen molar-refractivity contribution in [1.29, 1.82) is 0 Å². The zero-order valence-electron chi connectivity index (χ0n) is 18.7. The number of hydrogen-bond acceptors (Lipinski definition) is 6. The topological polar surface area (TPSA) is 130 Å². The summed E-state index contributed by atoms with van der Waals surface area (Å²) in [5.74, 6) is -1.71. The highest BCUT2D eigenvalue weighted by molar-refractivity contribution is 6.46. The molecule has 2 N–H and O–H groups in total. The van der Waals surface area contributed by atoms with Crippen LogP contribution in [0.5, 0.6) is 5.75 Å². The highest BCUT2D eigenvalue weighted by atomic mass is 35.5. The smallest absolute Gasteiger partial charge is 0.295 e. The fraction of sp³-hybridized carbons (Fsp3) is 0.208. The van der Waals surface area contributed by atoms with Gasteiger partial charge in [-0.3, -0.25) is 24.7 Å². The number of methoxy groups -OCH3 is 1. The highest BCUT2D eigenvalue weighted by Crippen LogP contribution is 2.41. The Labute approximate surface area is 205 Å². The minimum atomic E-state index is -1.01. The summed E-state index contributed by atoms with van der Waals surface area (Å²) in [6, 6.07) is 9.16. The number of benzene rings is 2. The third kappa shape index (κ3) is 4.73. The van der Waals surface area contributed by atoms with Crippen LogP contribution in [0, 0.1) is 10.1 Å². The first kappa shape index (κ1) is 24.0. The van der Waals surface area contributed by atoms with Gasteiger partial charge in [-0.15, -0.1) is 0 Å². The van der Waals surface area contributed by atoms with Crippen molar-refractivity contribution in [2.75, 3.05) is 13.7 Å². The number of likely N-dealkylation sites (tertiary alicyclic amines) is 1. The monoisotopic (exact) mass is 497 g/mol. The third-order valence-electron chi connectivity index (χ3n) is 5.78. The standard InChI is InChI=1S/C24H21ClN4O6/c1-35-19-7-6-16(13-18(19)25)22(30)20-21(15-4-2-5-17(12-15)29(33)34)28(24(32)23(20)31)10-3-9-27-11-8-26-14-27/h2,4-8,11-14,21H,3,9-10H2,1H3,(H,30,31)/p+1. The fourth-order valence-electron chi connectivity index (χ4n) is 4.12. The average molecular weight is 498 g/mol. The Morgan fingerprint density at radius 2 is 2.09 bits per heavy atom. The Kier molecular flexibility index (Phi) is 6.83. The first-order valence-electron chi connectivity index (χ1n) is 10.7. The van der Waals surface area contributed by atoms with Crippen LogP contribution in [0.3, 0.4) is 0 Å². The van der Waals surface area contributed by atoms with Gasteiger partial charge in [0.1, 0.15) is 23.9 Å². The van der Waals surface area contributed by atoms with Crippen molar-refractivity contribution in [2.24, 2.45) is 0 Å². The summed E-state index contributed by atoms with van der Waals surface area (Å²) in [5, 5.41) is 22.7. The van der Waals surface area contributed by atoms with Crippen molar-refractivity contribution < 1.29 is 28.9 Å². The Morgan fingerprint density at radius 3 is 2.74 bits per heavy atom. The number of nitro benzene ring substituents is 1. The fourth-order valence-corrected chi connectivity index (χ4v) is 4.38. The summed E-state index contributed by atoms with van der Waals surface area (Å²) in [6.45, 7) is 0.762. The number of imidazole rings is 1. The molecule has 1 fully saturated rings. The lowest BCUT2D eigenvalue weighted by Gasteiger charge is -2.25. The maximum absolute atomic E-state index is 13.1. The van der Waals surface area contributed by atoms with E-state index in [1.54, 1.807) is 18.6 Å². The van der Waals surface area contributed by atoms with Crippen molar-refractivity contribution >= 4 is 34.7 Å². The molecule has 11 heteroatoms. The molecule has 35 heavy (non-hydrogen) atoms. The number of aromatic nitrogens is 2. The molecule has 180 valence electrons. The minimum absolute atomic E-state index is 0.161. The molecule has 0 radical (unpaired) electrons.